The number of nitrogens with zero attached hydrogens (tertiary/aromatic N) is 5. The molecule has 1 fully saturated rings. The molecule has 28 heavy (non-hydrogen) atoms. The predicted octanol–water partition coefficient (Wildman–Crippen LogP) is 3.27. The van der Waals surface area contributed by atoms with Gasteiger partial charge in [-0.2, -0.15) is 5.26 Å². The average molecular weight is 377 g/mol. The van der Waals surface area contributed by atoms with Gasteiger partial charge in [-0.1, -0.05) is 6.92 Å². The van der Waals surface area contributed by atoms with Crippen molar-refractivity contribution in [1.29, 1.82) is 5.26 Å². The van der Waals surface area contributed by atoms with Crippen LogP contribution in [0.15, 0.2) is 18.2 Å². The first kappa shape index (κ1) is 18.7. The number of fused-ring (bicyclic) bond motifs is 1. The third-order valence-corrected chi connectivity index (χ3v) is 6.17. The van der Waals surface area contributed by atoms with Crippen molar-refractivity contribution in [2.24, 2.45) is 0 Å². The van der Waals surface area contributed by atoms with Crippen LogP contribution in [-0.2, 0) is 6.42 Å². The number of benzene rings is 1. The number of rotatable bonds is 3. The summed E-state index contributed by atoms with van der Waals surface area (Å²) in [6.07, 6.45) is 4.53. The van der Waals surface area contributed by atoms with E-state index in [0.29, 0.717) is 22.9 Å². The van der Waals surface area contributed by atoms with E-state index in [-0.39, 0.29) is 5.75 Å². The Hall–Kier alpha value is -2.65. The summed E-state index contributed by atoms with van der Waals surface area (Å²) in [6, 6.07) is 7.51. The Morgan fingerprint density at radius 1 is 1.25 bits per heavy atom. The van der Waals surface area contributed by atoms with Crippen molar-refractivity contribution in [2.45, 2.75) is 45.6 Å². The van der Waals surface area contributed by atoms with Gasteiger partial charge in [-0.05, 0) is 69.5 Å². The highest BCUT2D eigenvalue weighted by Crippen LogP contribution is 2.37. The van der Waals surface area contributed by atoms with Gasteiger partial charge in [-0.3, -0.25) is 0 Å². The third kappa shape index (κ3) is 3.31. The van der Waals surface area contributed by atoms with Crippen molar-refractivity contribution in [2.75, 3.05) is 31.1 Å². The molecule has 1 unspecified atom stereocenters. The Balaban J connectivity index is 1.70. The van der Waals surface area contributed by atoms with E-state index < -0.39 is 0 Å². The molecule has 2 aliphatic rings. The summed E-state index contributed by atoms with van der Waals surface area (Å²) in [4.78, 5) is 4.98. The largest absolute Gasteiger partial charge is 0.507 e. The monoisotopic (exact) mass is 377 g/mol. The first-order valence-corrected chi connectivity index (χ1v) is 10.2. The molecule has 1 N–H and O–H groups in total. The molecule has 2 aliphatic heterocycles. The van der Waals surface area contributed by atoms with Crippen LogP contribution in [-0.4, -0.2) is 52.4 Å². The lowest BCUT2D eigenvalue weighted by Gasteiger charge is -2.42. The van der Waals surface area contributed by atoms with Gasteiger partial charge in [0.2, 0.25) is 0 Å². The van der Waals surface area contributed by atoms with Crippen LogP contribution < -0.4 is 4.90 Å². The number of aromatic nitrogens is 2. The number of hydrogen-bond donors (Lipinski definition) is 1. The maximum atomic E-state index is 10.4. The number of nitriles is 1. The Bertz CT molecular complexity index is 920. The maximum absolute atomic E-state index is 10.4. The zero-order valence-corrected chi connectivity index (χ0v) is 16.6. The summed E-state index contributed by atoms with van der Waals surface area (Å²) in [5, 5.41) is 28.6. The molecule has 2 aromatic rings. The lowest BCUT2D eigenvalue weighted by Crippen LogP contribution is -2.50. The SMILES string of the molecule is CCN1CCCC(N2CCCc3c2nnc(-c2ccc(C#N)cc2O)c3C)C1. The molecule has 146 valence electrons. The van der Waals surface area contributed by atoms with Gasteiger partial charge in [0.15, 0.2) is 5.82 Å². The van der Waals surface area contributed by atoms with Crippen molar-refractivity contribution in [1.82, 2.24) is 15.1 Å². The number of aromatic hydroxyl groups is 1. The second kappa shape index (κ2) is 7.76. The van der Waals surface area contributed by atoms with Crippen LogP contribution >= 0.6 is 0 Å². The molecular weight excluding hydrogens is 350 g/mol. The minimum atomic E-state index is 0.0786. The van der Waals surface area contributed by atoms with E-state index in [9.17, 15) is 5.11 Å². The molecule has 0 radical (unpaired) electrons. The van der Waals surface area contributed by atoms with E-state index in [2.05, 4.69) is 39.9 Å². The van der Waals surface area contributed by atoms with Gasteiger partial charge in [-0.25, -0.2) is 0 Å². The van der Waals surface area contributed by atoms with Crippen LogP contribution in [0.1, 0.15) is 42.9 Å². The van der Waals surface area contributed by atoms with Gasteiger partial charge in [0, 0.05) is 30.3 Å². The first-order chi connectivity index (χ1) is 13.6. The summed E-state index contributed by atoms with van der Waals surface area (Å²) in [5.74, 6) is 1.10. The molecule has 1 atom stereocenters. The Morgan fingerprint density at radius 3 is 2.86 bits per heavy atom. The molecule has 6 nitrogen and oxygen atoms in total. The fraction of sp³-hybridized carbons (Fsp3) is 0.500. The summed E-state index contributed by atoms with van der Waals surface area (Å²) in [6.45, 7) is 8.71. The third-order valence-electron chi connectivity index (χ3n) is 6.17. The predicted molar refractivity (Wildman–Crippen MR) is 109 cm³/mol. The Labute approximate surface area is 166 Å². The second-order valence-corrected chi connectivity index (χ2v) is 7.81. The highest BCUT2D eigenvalue weighted by molar-refractivity contribution is 5.73. The number of piperidine rings is 1. The van der Waals surface area contributed by atoms with Crippen molar-refractivity contribution in [3.8, 4) is 23.1 Å². The van der Waals surface area contributed by atoms with Crippen molar-refractivity contribution < 1.29 is 5.11 Å². The number of phenols is 1. The van der Waals surface area contributed by atoms with E-state index in [1.807, 2.05) is 0 Å². The maximum Gasteiger partial charge on any atom is 0.155 e. The molecule has 1 aromatic heterocycles. The van der Waals surface area contributed by atoms with Gasteiger partial charge in [0.05, 0.1) is 17.3 Å². The molecule has 3 heterocycles. The quantitative estimate of drug-likeness (QED) is 0.885. The molecule has 0 saturated carbocycles. The van der Waals surface area contributed by atoms with Crippen LogP contribution in [0.25, 0.3) is 11.3 Å². The van der Waals surface area contributed by atoms with Gasteiger partial charge >= 0.3 is 0 Å². The summed E-state index contributed by atoms with van der Waals surface area (Å²) < 4.78 is 0. The van der Waals surface area contributed by atoms with Gasteiger partial charge in [0.25, 0.3) is 0 Å². The molecule has 1 aromatic carbocycles. The van der Waals surface area contributed by atoms with E-state index >= 15 is 0 Å². The van der Waals surface area contributed by atoms with E-state index in [1.165, 1.54) is 31.0 Å². The van der Waals surface area contributed by atoms with Crippen molar-refractivity contribution in [3.63, 3.8) is 0 Å². The lowest BCUT2D eigenvalue weighted by molar-refractivity contribution is 0.211. The Morgan fingerprint density at radius 2 is 2.11 bits per heavy atom. The molecule has 6 heteroatoms. The first-order valence-electron chi connectivity index (χ1n) is 10.2. The van der Waals surface area contributed by atoms with Crippen LogP contribution in [0.4, 0.5) is 5.82 Å². The van der Waals surface area contributed by atoms with E-state index in [4.69, 9.17) is 5.26 Å². The molecule has 0 bridgehead atoms. The fourth-order valence-electron chi connectivity index (χ4n) is 4.59. The minimum Gasteiger partial charge on any atom is -0.507 e. The molecule has 1 saturated heterocycles. The molecule has 0 amide bonds. The zero-order chi connectivity index (χ0) is 19.7. The smallest absolute Gasteiger partial charge is 0.155 e. The van der Waals surface area contributed by atoms with Crippen LogP contribution in [0.3, 0.4) is 0 Å². The topological polar surface area (TPSA) is 76.3 Å². The Kier molecular flexibility index (Phi) is 5.19. The van der Waals surface area contributed by atoms with E-state index in [1.54, 1.807) is 12.1 Å². The van der Waals surface area contributed by atoms with Crippen LogP contribution in [0.2, 0.25) is 0 Å². The molecule has 4 rings (SSSR count). The zero-order valence-electron chi connectivity index (χ0n) is 16.6. The average Bonchev–Trinajstić information content (AvgIpc) is 2.74. The molecule has 0 spiro atoms. The van der Waals surface area contributed by atoms with Gasteiger partial charge < -0.3 is 14.9 Å². The van der Waals surface area contributed by atoms with Crippen LogP contribution in [0, 0.1) is 18.3 Å². The van der Waals surface area contributed by atoms with E-state index in [0.717, 1.165) is 43.9 Å². The highest BCUT2D eigenvalue weighted by atomic mass is 16.3. The summed E-state index contributed by atoms with van der Waals surface area (Å²) in [5.41, 5.74) is 4.11. The number of anilines is 1. The second-order valence-electron chi connectivity index (χ2n) is 7.81. The van der Waals surface area contributed by atoms with Crippen molar-refractivity contribution in [3.05, 3.63) is 34.9 Å². The molecule has 0 aliphatic carbocycles. The standard InChI is InChI=1S/C22H27N5O/c1-3-26-10-4-6-17(14-26)27-11-5-7-18-15(2)21(24-25-22(18)27)19-9-8-16(13-23)12-20(19)28/h8-9,12,17,28H,3-7,10-11,14H2,1-2H3. The lowest BCUT2D eigenvalue weighted by atomic mass is 9.94. The summed E-state index contributed by atoms with van der Waals surface area (Å²) in [7, 11) is 0. The number of likely N-dealkylation sites (N-methyl/N-ethyl adjacent to an activating group) is 1. The molecular formula is C22H27N5O. The van der Waals surface area contributed by atoms with Gasteiger partial charge in [-0.15, -0.1) is 10.2 Å². The fourth-order valence-corrected chi connectivity index (χ4v) is 4.59. The number of phenolic OH excluding ortho intramolecular Hbond substituents is 1. The van der Waals surface area contributed by atoms with Crippen molar-refractivity contribution >= 4 is 5.82 Å². The van der Waals surface area contributed by atoms with Crippen LogP contribution in [0.5, 0.6) is 5.75 Å². The highest BCUT2D eigenvalue weighted by Gasteiger charge is 2.31. The minimum absolute atomic E-state index is 0.0786. The summed E-state index contributed by atoms with van der Waals surface area (Å²) >= 11 is 0. The normalized spacial score (nSPS) is 19.9. The number of hydrogen-bond acceptors (Lipinski definition) is 6. The van der Waals surface area contributed by atoms with Gasteiger partial charge in [0.1, 0.15) is 5.75 Å². The number of likely N-dealkylation sites (tertiary alicyclic amines) is 1.